The van der Waals surface area contributed by atoms with E-state index >= 15 is 0 Å². The molecule has 1 aliphatic rings. The van der Waals surface area contributed by atoms with Crippen LogP contribution in [0.2, 0.25) is 0 Å². The lowest BCUT2D eigenvalue weighted by molar-refractivity contribution is -0.121. The Hall–Kier alpha value is -2.29. The van der Waals surface area contributed by atoms with Gasteiger partial charge in [-0.3, -0.25) is 4.79 Å². The third kappa shape index (κ3) is 5.12. The number of carbonyl (C=O) groups is 1. The fourth-order valence-electron chi connectivity index (χ4n) is 3.94. The van der Waals surface area contributed by atoms with Crippen molar-refractivity contribution in [2.45, 2.75) is 53.0 Å². The smallest absolute Gasteiger partial charge is 0.224 e. The van der Waals surface area contributed by atoms with E-state index in [0.717, 1.165) is 30.1 Å². The van der Waals surface area contributed by atoms with Gasteiger partial charge in [-0.2, -0.15) is 0 Å². The predicted octanol–water partition coefficient (Wildman–Crippen LogP) is 4.96. The van der Waals surface area contributed by atoms with E-state index < -0.39 is 0 Å². The predicted molar refractivity (Wildman–Crippen MR) is 113 cm³/mol. The quantitative estimate of drug-likeness (QED) is 0.813. The van der Waals surface area contributed by atoms with Gasteiger partial charge in [0, 0.05) is 18.8 Å². The van der Waals surface area contributed by atoms with Gasteiger partial charge in [0.15, 0.2) is 0 Å². The molecule has 27 heavy (non-hydrogen) atoms. The number of rotatable bonds is 5. The van der Waals surface area contributed by atoms with Crippen LogP contribution in [0, 0.1) is 19.8 Å². The summed E-state index contributed by atoms with van der Waals surface area (Å²) in [6.45, 7) is 10.8. The zero-order valence-corrected chi connectivity index (χ0v) is 17.1. The number of aryl methyl sites for hydroxylation is 2. The molecule has 0 aromatic heterocycles. The number of nitrogens with one attached hydrogen (secondary N) is 1. The summed E-state index contributed by atoms with van der Waals surface area (Å²) in [5.41, 5.74) is 5.91. The van der Waals surface area contributed by atoms with E-state index in [4.69, 9.17) is 0 Å². The molecule has 144 valence electrons. The number of anilines is 1. The molecule has 3 nitrogen and oxygen atoms in total. The van der Waals surface area contributed by atoms with Crippen LogP contribution in [-0.4, -0.2) is 19.0 Å². The molecule has 2 atom stereocenters. The Labute approximate surface area is 163 Å². The Kier molecular flexibility index (Phi) is 6.20. The van der Waals surface area contributed by atoms with E-state index in [-0.39, 0.29) is 11.9 Å². The summed E-state index contributed by atoms with van der Waals surface area (Å²) in [6.07, 6.45) is 3.04. The number of benzene rings is 2. The molecule has 0 radical (unpaired) electrons. The van der Waals surface area contributed by atoms with Crippen molar-refractivity contribution in [3.8, 4) is 0 Å². The Bertz CT molecular complexity index is 781. The van der Waals surface area contributed by atoms with Crippen LogP contribution in [0.3, 0.4) is 0 Å². The van der Waals surface area contributed by atoms with Crippen LogP contribution in [0.15, 0.2) is 42.5 Å². The largest absolute Gasteiger partial charge is 0.371 e. The van der Waals surface area contributed by atoms with Crippen LogP contribution >= 0.6 is 0 Å². The first kappa shape index (κ1) is 19.5. The Balaban J connectivity index is 1.59. The van der Waals surface area contributed by atoms with E-state index in [1.54, 1.807) is 0 Å². The molecule has 1 saturated heterocycles. The summed E-state index contributed by atoms with van der Waals surface area (Å²) in [4.78, 5) is 15.0. The molecule has 1 fully saturated rings. The maximum atomic E-state index is 12.5. The third-order valence-corrected chi connectivity index (χ3v) is 5.65. The highest BCUT2D eigenvalue weighted by atomic mass is 16.1. The second-order valence-corrected chi connectivity index (χ2v) is 8.18. The van der Waals surface area contributed by atoms with Gasteiger partial charge in [-0.15, -0.1) is 0 Å². The lowest BCUT2D eigenvalue weighted by Gasteiger charge is -2.33. The average molecular weight is 365 g/mol. The van der Waals surface area contributed by atoms with Gasteiger partial charge < -0.3 is 10.2 Å². The van der Waals surface area contributed by atoms with Gasteiger partial charge in [0.25, 0.3) is 0 Å². The van der Waals surface area contributed by atoms with Crippen molar-refractivity contribution in [1.29, 1.82) is 0 Å². The van der Waals surface area contributed by atoms with Gasteiger partial charge in [-0.05, 0) is 68.4 Å². The molecule has 1 aliphatic heterocycles. The summed E-state index contributed by atoms with van der Waals surface area (Å²) < 4.78 is 0. The minimum Gasteiger partial charge on any atom is -0.371 e. The normalized spacial score (nSPS) is 18.2. The van der Waals surface area contributed by atoms with Gasteiger partial charge in [-0.1, -0.05) is 42.8 Å². The molecule has 1 N–H and O–H groups in total. The number of hydrogen-bond acceptors (Lipinski definition) is 2. The van der Waals surface area contributed by atoms with Gasteiger partial charge in [0.1, 0.15) is 0 Å². The number of nitrogens with zero attached hydrogens (tertiary/aromatic N) is 1. The second-order valence-electron chi connectivity index (χ2n) is 8.18. The van der Waals surface area contributed by atoms with Crippen molar-refractivity contribution in [1.82, 2.24) is 5.32 Å². The van der Waals surface area contributed by atoms with Crippen molar-refractivity contribution < 1.29 is 4.79 Å². The average Bonchev–Trinajstić information content (AvgIpc) is 2.65. The van der Waals surface area contributed by atoms with E-state index in [9.17, 15) is 4.79 Å². The highest BCUT2D eigenvalue weighted by molar-refractivity contribution is 5.79. The second kappa shape index (κ2) is 8.60. The maximum Gasteiger partial charge on any atom is 0.224 e. The van der Waals surface area contributed by atoms with Gasteiger partial charge in [-0.25, -0.2) is 0 Å². The Morgan fingerprint density at radius 3 is 2.63 bits per heavy atom. The van der Waals surface area contributed by atoms with Crippen molar-refractivity contribution in [3.63, 3.8) is 0 Å². The summed E-state index contributed by atoms with van der Waals surface area (Å²) in [5, 5.41) is 3.14. The molecule has 0 spiro atoms. The van der Waals surface area contributed by atoms with Crippen molar-refractivity contribution >= 4 is 11.6 Å². The van der Waals surface area contributed by atoms with Crippen LogP contribution in [0.1, 0.15) is 55.0 Å². The van der Waals surface area contributed by atoms with Crippen molar-refractivity contribution in [2.24, 2.45) is 5.92 Å². The number of hydrogen-bond donors (Lipinski definition) is 1. The van der Waals surface area contributed by atoms with Crippen LogP contribution < -0.4 is 10.2 Å². The SMILES string of the molecule is Cc1ccc(C)c(CC(=O)N[C@H](C)c2ccc(N3CCC[C@@H](C)C3)cc2)c1. The number of piperidine rings is 1. The van der Waals surface area contributed by atoms with Gasteiger partial charge in [0.2, 0.25) is 5.91 Å². The van der Waals surface area contributed by atoms with E-state index in [1.165, 1.54) is 29.7 Å². The van der Waals surface area contributed by atoms with Crippen LogP contribution in [0.5, 0.6) is 0 Å². The van der Waals surface area contributed by atoms with Crippen LogP contribution in [0.4, 0.5) is 5.69 Å². The summed E-state index contributed by atoms with van der Waals surface area (Å²) in [7, 11) is 0. The maximum absolute atomic E-state index is 12.5. The molecule has 0 aliphatic carbocycles. The minimum atomic E-state index is 0.0111. The molecular formula is C24H32N2O. The monoisotopic (exact) mass is 364 g/mol. The van der Waals surface area contributed by atoms with Crippen molar-refractivity contribution in [2.75, 3.05) is 18.0 Å². The topological polar surface area (TPSA) is 32.3 Å². The Morgan fingerprint density at radius 1 is 1.19 bits per heavy atom. The van der Waals surface area contributed by atoms with Gasteiger partial charge in [0.05, 0.1) is 12.5 Å². The molecule has 0 saturated carbocycles. The highest BCUT2D eigenvalue weighted by Gasteiger charge is 2.17. The minimum absolute atomic E-state index is 0.0111. The number of amides is 1. The van der Waals surface area contributed by atoms with E-state index in [2.05, 4.69) is 80.4 Å². The van der Waals surface area contributed by atoms with Gasteiger partial charge >= 0.3 is 0 Å². The van der Waals surface area contributed by atoms with E-state index in [1.807, 2.05) is 0 Å². The molecular weight excluding hydrogens is 332 g/mol. The zero-order valence-electron chi connectivity index (χ0n) is 17.1. The molecule has 3 rings (SSSR count). The Morgan fingerprint density at radius 2 is 1.93 bits per heavy atom. The lowest BCUT2D eigenvalue weighted by Crippen LogP contribution is -2.34. The third-order valence-electron chi connectivity index (χ3n) is 5.65. The molecule has 3 heteroatoms. The number of carbonyl (C=O) groups excluding carboxylic acids is 1. The molecule has 0 bridgehead atoms. The first-order valence-electron chi connectivity index (χ1n) is 10.1. The molecule has 1 amide bonds. The molecule has 1 heterocycles. The first-order chi connectivity index (χ1) is 12.9. The van der Waals surface area contributed by atoms with Crippen LogP contribution in [0.25, 0.3) is 0 Å². The summed E-state index contributed by atoms with van der Waals surface area (Å²) >= 11 is 0. The summed E-state index contributed by atoms with van der Waals surface area (Å²) in [6, 6.07) is 15.0. The van der Waals surface area contributed by atoms with E-state index in [0.29, 0.717) is 6.42 Å². The van der Waals surface area contributed by atoms with Crippen molar-refractivity contribution in [3.05, 3.63) is 64.7 Å². The zero-order chi connectivity index (χ0) is 19.4. The fraction of sp³-hybridized carbons (Fsp3) is 0.458. The molecule has 0 unspecified atom stereocenters. The fourth-order valence-corrected chi connectivity index (χ4v) is 3.94. The standard InChI is InChI=1S/C24H32N2O/c1-17-7-8-19(3)22(14-17)15-24(27)25-20(4)21-9-11-23(12-10-21)26-13-5-6-18(2)16-26/h7-12,14,18,20H,5-6,13,15-16H2,1-4H3,(H,25,27)/t18-,20-/m1/s1. The molecule has 2 aromatic carbocycles. The summed E-state index contributed by atoms with van der Waals surface area (Å²) in [5.74, 6) is 0.840. The van der Waals surface area contributed by atoms with Crippen LogP contribution in [-0.2, 0) is 11.2 Å². The highest BCUT2D eigenvalue weighted by Crippen LogP contribution is 2.24. The molecule has 2 aromatic rings. The first-order valence-corrected chi connectivity index (χ1v) is 10.1. The lowest BCUT2D eigenvalue weighted by atomic mass is 9.99.